The largest absolute Gasteiger partial charge is 0.370 e. The minimum Gasteiger partial charge on any atom is -0.370 e. The number of nitrogens with two attached hydrogens (primary N) is 1. The van der Waals surface area contributed by atoms with Crippen molar-refractivity contribution in [3.8, 4) is 12.3 Å². The Labute approximate surface area is 106 Å². The number of H-pyrrole nitrogens is 1. The Kier molecular flexibility index (Phi) is 6.04. The predicted molar refractivity (Wildman–Crippen MR) is 72.8 cm³/mol. The van der Waals surface area contributed by atoms with Gasteiger partial charge in [0.2, 0.25) is 0 Å². The van der Waals surface area contributed by atoms with Crippen molar-refractivity contribution in [1.82, 2.24) is 15.3 Å². The number of imidazole rings is 1. The average Bonchev–Trinajstić information content (AvgIpc) is 2.72. The van der Waals surface area contributed by atoms with Gasteiger partial charge in [-0.2, -0.15) is 11.8 Å². The van der Waals surface area contributed by atoms with E-state index < -0.39 is 0 Å². The summed E-state index contributed by atoms with van der Waals surface area (Å²) >= 11 is 1.78. The molecule has 5 nitrogen and oxygen atoms in total. The summed E-state index contributed by atoms with van der Waals surface area (Å²) in [5.41, 5.74) is 7.79. The van der Waals surface area contributed by atoms with Crippen LogP contribution in [0.15, 0.2) is 11.3 Å². The molecular formula is C11H17N5S. The van der Waals surface area contributed by atoms with Crippen LogP contribution < -0.4 is 11.1 Å². The minimum atomic E-state index is 0.402. The van der Waals surface area contributed by atoms with Gasteiger partial charge in [-0.3, -0.25) is 4.99 Å². The Bertz CT molecular complexity index is 404. The molecule has 0 saturated carbocycles. The lowest BCUT2D eigenvalue weighted by molar-refractivity contribution is 1.01. The first-order valence-electron chi connectivity index (χ1n) is 5.28. The molecule has 1 rings (SSSR count). The molecular weight excluding hydrogens is 234 g/mol. The minimum absolute atomic E-state index is 0.402. The summed E-state index contributed by atoms with van der Waals surface area (Å²) in [5, 5.41) is 2.81. The standard InChI is InChI=1S/C11H17N5S/c1-3-4-13-11(12)14-5-6-17-7-10-9(2)15-8-16-10/h1,8H,4-7H2,2H3,(H,15,16)(H3,12,13,14). The van der Waals surface area contributed by atoms with Crippen LogP contribution in [0.1, 0.15) is 11.4 Å². The third-order valence-electron chi connectivity index (χ3n) is 2.06. The van der Waals surface area contributed by atoms with Gasteiger partial charge in [0, 0.05) is 17.2 Å². The molecule has 0 amide bonds. The summed E-state index contributed by atoms with van der Waals surface area (Å²) in [6.07, 6.45) is 6.80. The number of guanidine groups is 1. The van der Waals surface area contributed by atoms with Crippen LogP contribution in [0.2, 0.25) is 0 Å². The second-order valence-electron chi connectivity index (χ2n) is 3.35. The van der Waals surface area contributed by atoms with Gasteiger partial charge in [-0.1, -0.05) is 5.92 Å². The molecule has 0 spiro atoms. The molecule has 0 aliphatic carbocycles. The van der Waals surface area contributed by atoms with E-state index in [9.17, 15) is 0 Å². The van der Waals surface area contributed by atoms with Gasteiger partial charge in [-0.05, 0) is 6.92 Å². The van der Waals surface area contributed by atoms with Crippen LogP contribution in [-0.2, 0) is 5.75 Å². The molecule has 0 aromatic carbocycles. The fourth-order valence-electron chi connectivity index (χ4n) is 1.13. The van der Waals surface area contributed by atoms with Crippen molar-refractivity contribution in [3.63, 3.8) is 0 Å². The quantitative estimate of drug-likeness (QED) is 0.297. The van der Waals surface area contributed by atoms with Gasteiger partial charge >= 0.3 is 0 Å². The zero-order chi connectivity index (χ0) is 12.5. The topological polar surface area (TPSA) is 79.1 Å². The van der Waals surface area contributed by atoms with Gasteiger partial charge in [-0.25, -0.2) is 4.98 Å². The molecule has 0 aliphatic heterocycles. The lowest BCUT2D eigenvalue weighted by Gasteiger charge is -2.01. The van der Waals surface area contributed by atoms with Crippen LogP contribution in [0.25, 0.3) is 0 Å². The van der Waals surface area contributed by atoms with Crippen LogP contribution in [0.4, 0.5) is 0 Å². The van der Waals surface area contributed by atoms with E-state index in [0.717, 1.165) is 22.9 Å². The maximum atomic E-state index is 5.58. The van der Waals surface area contributed by atoms with Crippen molar-refractivity contribution in [3.05, 3.63) is 17.7 Å². The van der Waals surface area contributed by atoms with E-state index in [0.29, 0.717) is 19.0 Å². The fraction of sp³-hybridized carbons (Fsp3) is 0.455. The highest BCUT2D eigenvalue weighted by Gasteiger charge is 1.99. The predicted octanol–water partition coefficient (Wildman–Crippen LogP) is 0.489. The summed E-state index contributed by atoms with van der Waals surface area (Å²) in [4.78, 5) is 11.4. The van der Waals surface area contributed by atoms with Crippen LogP contribution in [0.3, 0.4) is 0 Å². The first kappa shape index (κ1) is 13.5. The summed E-state index contributed by atoms with van der Waals surface area (Å²) in [5.74, 6) is 4.64. The van der Waals surface area contributed by atoms with Crippen molar-refractivity contribution >= 4 is 17.7 Å². The number of nitrogens with one attached hydrogen (secondary N) is 2. The lowest BCUT2D eigenvalue weighted by atomic mass is 10.4. The number of nitrogens with zero attached hydrogens (tertiary/aromatic N) is 2. The molecule has 0 fully saturated rings. The smallest absolute Gasteiger partial charge is 0.189 e. The van der Waals surface area contributed by atoms with E-state index in [1.54, 1.807) is 18.1 Å². The molecule has 4 N–H and O–H groups in total. The Hall–Kier alpha value is -1.61. The molecule has 92 valence electrons. The second-order valence-corrected chi connectivity index (χ2v) is 4.46. The summed E-state index contributed by atoms with van der Waals surface area (Å²) in [7, 11) is 0. The molecule has 6 heteroatoms. The van der Waals surface area contributed by atoms with E-state index in [1.165, 1.54) is 0 Å². The SMILES string of the molecule is C#CCNC(N)=NCCSCc1nc[nH]c1C. The third kappa shape index (κ3) is 5.31. The Balaban J connectivity index is 2.13. The number of aliphatic imine (C=N–C) groups is 1. The number of thioether (sulfide) groups is 1. The van der Waals surface area contributed by atoms with Crippen molar-refractivity contribution in [1.29, 1.82) is 0 Å². The molecule has 1 heterocycles. The third-order valence-corrected chi connectivity index (χ3v) is 3.01. The van der Waals surface area contributed by atoms with Crippen molar-refractivity contribution in [2.24, 2.45) is 10.7 Å². The van der Waals surface area contributed by atoms with Crippen LogP contribution in [0, 0.1) is 19.3 Å². The molecule has 0 unspecified atom stereocenters. The van der Waals surface area contributed by atoms with E-state index in [1.807, 2.05) is 6.92 Å². The zero-order valence-electron chi connectivity index (χ0n) is 9.86. The molecule has 0 aliphatic rings. The number of aryl methyl sites for hydroxylation is 1. The van der Waals surface area contributed by atoms with Crippen LogP contribution in [-0.4, -0.2) is 34.8 Å². The maximum absolute atomic E-state index is 5.58. The number of hydrogen-bond acceptors (Lipinski definition) is 3. The van der Waals surface area contributed by atoms with Gasteiger partial charge in [0.05, 0.1) is 25.1 Å². The van der Waals surface area contributed by atoms with E-state index in [-0.39, 0.29) is 0 Å². The first-order valence-corrected chi connectivity index (χ1v) is 6.43. The van der Waals surface area contributed by atoms with Crippen molar-refractivity contribution in [2.75, 3.05) is 18.8 Å². The van der Waals surface area contributed by atoms with Gasteiger partial charge in [0.25, 0.3) is 0 Å². The van der Waals surface area contributed by atoms with Gasteiger partial charge in [0.15, 0.2) is 5.96 Å². The maximum Gasteiger partial charge on any atom is 0.189 e. The summed E-state index contributed by atoms with van der Waals surface area (Å²) in [6.45, 7) is 3.11. The molecule has 0 radical (unpaired) electrons. The summed E-state index contributed by atoms with van der Waals surface area (Å²) in [6, 6.07) is 0. The number of aromatic nitrogens is 2. The van der Waals surface area contributed by atoms with Gasteiger partial charge in [0.1, 0.15) is 0 Å². The normalized spacial score (nSPS) is 11.2. The molecule has 0 saturated heterocycles. The monoisotopic (exact) mass is 251 g/mol. The number of terminal acetylenes is 1. The Morgan fingerprint density at radius 2 is 2.59 bits per heavy atom. The number of hydrogen-bond donors (Lipinski definition) is 3. The molecule has 0 bridgehead atoms. The summed E-state index contributed by atoms with van der Waals surface area (Å²) < 4.78 is 0. The molecule has 17 heavy (non-hydrogen) atoms. The highest BCUT2D eigenvalue weighted by atomic mass is 32.2. The first-order chi connectivity index (χ1) is 8.24. The van der Waals surface area contributed by atoms with Gasteiger partial charge in [-0.15, -0.1) is 6.42 Å². The zero-order valence-corrected chi connectivity index (χ0v) is 10.7. The Morgan fingerprint density at radius 3 is 3.24 bits per heavy atom. The molecule has 0 atom stereocenters. The highest BCUT2D eigenvalue weighted by molar-refractivity contribution is 7.98. The molecule has 1 aromatic rings. The average molecular weight is 251 g/mol. The van der Waals surface area contributed by atoms with Crippen LogP contribution in [0.5, 0.6) is 0 Å². The lowest BCUT2D eigenvalue weighted by Crippen LogP contribution is -2.32. The van der Waals surface area contributed by atoms with Crippen molar-refractivity contribution < 1.29 is 0 Å². The van der Waals surface area contributed by atoms with E-state index in [4.69, 9.17) is 12.2 Å². The van der Waals surface area contributed by atoms with Crippen LogP contribution >= 0.6 is 11.8 Å². The van der Waals surface area contributed by atoms with E-state index >= 15 is 0 Å². The molecule has 1 aromatic heterocycles. The van der Waals surface area contributed by atoms with Crippen molar-refractivity contribution in [2.45, 2.75) is 12.7 Å². The van der Waals surface area contributed by atoms with E-state index in [2.05, 4.69) is 26.2 Å². The van der Waals surface area contributed by atoms with Gasteiger partial charge < -0.3 is 16.0 Å². The second kappa shape index (κ2) is 7.63. The highest BCUT2D eigenvalue weighted by Crippen LogP contribution is 2.11. The fourth-order valence-corrected chi connectivity index (χ4v) is 1.98. The number of aromatic amines is 1. The number of rotatable bonds is 6. The Morgan fingerprint density at radius 1 is 1.76 bits per heavy atom.